The van der Waals surface area contributed by atoms with Crippen molar-refractivity contribution in [2.45, 2.75) is 18.4 Å². The summed E-state index contributed by atoms with van der Waals surface area (Å²) >= 11 is 0. The number of piperidine rings is 1. The van der Waals surface area contributed by atoms with Crippen LogP contribution in [0.4, 0.5) is 5.82 Å². The van der Waals surface area contributed by atoms with Crippen LogP contribution in [0.3, 0.4) is 0 Å². The zero-order valence-electron chi connectivity index (χ0n) is 13.5. The molecule has 2 aromatic rings. The molecule has 1 fully saturated rings. The second-order valence-electron chi connectivity index (χ2n) is 6.08. The van der Waals surface area contributed by atoms with Crippen molar-refractivity contribution in [3.05, 3.63) is 42.6 Å². The van der Waals surface area contributed by atoms with Crippen LogP contribution >= 0.6 is 0 Å². The molecule has 0 bridgehead atoms. The fourth-order valence-corrected chi connectivity index (χ4v) is 3.02. The van der Waals surface area contributed by atoms with E-state index in [-0.39, 0.29) is 18.1 Å². The molecule has 0 saturated carbocycles. The molecule has 1 N–H and O–H groups in total. The van der Waals surface area contributed by atoms with E-state index in [1.165, 1.54) is 11.1 Å². The van der Waals surface area contributed by atoms with Crippen LogP contribution in [0.2, 0.25) is 0 Å². The molecule has 24 heavy (non-hydrogen) atoms. The summed E-state index contributed by atoms with van der Waals surface area (Å²) in [6.45, 7) is 1.44. The Hall–Kier alpha value is -2.61. The van der Waals surface area contributed by atoms with Crippen molar-refractivity contribution in [3.8, 4) is 0 Å². The zero-order chi connectivity index (χ0) is 17.0. The van der Waals surface area contributed by atoms with E-state index in [9.17, 15) is 9.90 Å². The zero-order valence-corrected chi connectivity index (χ0v) is 13.5. The van der Waals surface area contributed by atoms with Crippen molar-refractivity contribution < 1.29 is 9.90 Å². The van der Waals surface area contributed by atoms with E-state index < -0.39 is 5.60 Å². The molecule has 1 aliphatic heterocycles. The normalized spacial score (nSPS) is 20.7. The number of hydrogen-bond acceptors (Lipinski definition) is 7. The Labute approximate surface area is 140 Å². The molecular formula is C16H20N6O2. The van der Waals surface area contributed by atoms with Gasteiger partial charge in [0, 0.05) is 38.7 Å². The highest BCUT2D eigenvalue weighted by Crippen LogP contribution is 2.25. The molecule has 3 heterocycles. The van der Waals surface area contributed by atoms with Crippen molar-refractivity contribution in [1.29, 1.82) is 0 Å². The second kappa shape index (κ2) is 6.88. The van der Waals surface area contributed by atoms with Gasteiger partial charge in [0.2, 0.25) is 0 Å². The molecule has 1 saturated heterocycles. The first-order chi connectivity index (χ1) is 11.6. The quantitative estimate of drug-likeness (QED) is 0.866. The number of hydrogen-bond donors (Lipinski definition) is 1. The SMILES string of the molecule is CN(CC1(O)CCCN(c2cnccn2)C1)C(=O)c1cccnn1. The summed E-state index contributed by atoms with van der Waals surface area (Å²) in [6.07, 6.45) is 7.90. The topological polar surface area (TPSA) is 95.3 Å². The lowest BCUT2D eigenvalue weighted by Gasteiger charge is -2.41. The monoisotopic (exact) mass is 328 g/mol. The number of likely N-dealkylation sites (N-methyl/N-ethyl adjacent to an activating group) is 1. The van der Waals surface area contributed by atoms with Gasteiger partial charge in [0.05, 0.1) is 18.3 Å². The Kier molecular flexibility index (Phi) is 4.66. The third-order valence-electron chi connectivity index (χ3n) is 4.10. The Morgan fingerprint density at radius 1 is 1.42 bits per heavy atom. The van der Waals surface area contributed by atoms with E-state index in [0.29, 0.717) is 13.0 Å². The summed E-state index contributed by atoms with van der Waals surface area (Å²) in [7, 11) is 1.66. The van der Waals surface area contributed by atoms with Crippen LogP contribution in [0.25, 0.3) is 0 Å². The van der Waals surface area contributed by atoms with Gasteiger partial charge in [-0.3, -0.25) is 9.78 Å². The number of aliphatic hydroxyl groups is 1. The van der Waals surface area contributed by atoms with Crippen LogP contribution in [0.15, 0.2) is 36.9 Å². The van der Waals surface area contributed by atoms with Crippen molar-refractivity contribution in [2.75, 3.05) is 31.6 Å². The number of amides is 1. The fourth-order valence-electron chi connectivity index (χ4n) is 3.02. The van der Waals surface area contributed by atoms with Crippen LogP contribution in [0.5, 0.6) is 0 Å². The Bertz CT molecular complexity index is 683. The molecule has 1 amide bonds. The molecule has 3 rings (SSSR count). The van der Waals surface area contributed by atoms with Crippen LogP contribution in [0.1, 0.15) is 23.3 Å². The van der Waals surface area contributed by atoms with Gasteiger partial charge in [0.1, 0.15) is 5.82 Å². The van der Waals surface area contributed by atoms with Crippen molar-refractivity contribution in [1.82, 2.24) is 25.1 Å². The molecule has 2 aromatic heterocycles. The van der Waals surface area contributed by atoms with Gasteiger partial charge in [-0.05, 0) is 25.0 Å². The summed E-state index contributed by atoms with van der Waals surface area (Å²) in [6, 6.07) is 3.28. The molecule has 0 aliphatic carbocycles. The molecule has 8 heteroatoms. The van der Waals surface area contributed by atoms with Gasteiger partial charge < -0.3 is 14.9 Å². The van der Waals surface area contributed by atoms with Crippen LogP contribution in [-0.4, -0.2) is 68.4 Å². The molecule has 1 unspecified atom stereocenters. The third kappa shape index (κ3) is 3.65. The lowest BCUT2D eigenvalue weighted by Crippen LogP contribution is -2.55. The fraction of sp³-hybridized carbons (Fsp3) is 0.438. The smallest absolute Gasteiger partial charge is 0.274 e. The lowest BCUT2D eigenvalue weighted by molar-refractivity contribution is -0.000319. The van der Waals surface area contributed by atoms with E-state index in [0.717, 1.165) is 18.8 Å². The number of carbonyl (C=O) groups is 1. The molecule has 0 spiro atoms. The van der Waals surface area contributed by atoms with E-state index in [4.69, 9.17) is 0 Å². The molecule has 1 aliphatic rings. The highest BCUT2D eigenvalue weighted by molar-refractivity contribution is 5.91. The predicted octanol–water partition coefficient (Wildman–Crippen LogP) is 0.370. The Balaban J connectivity index is 1.68. The average molecular weight is 328 g/mol. The number of carbonyl (C=O) groups excluding carboxylic acids is 1. The van der Waals surface area contributed by atoms with Gasteiger partial charge >= 0.3 is 0 Å². The molecular weight excluding hydrogens is 308 g/mol. The highest BCUT2D eigenvalue weighted by atomic mass is 16.3. The van der Waals surface area contributed by atoms with Crippen LogP contribution < -0.4 is 4.90 Å². The Morgan fingerprint density at radius 3 is 3.00 bits per heavy atom. The maximum atomic E-state index is 12.4. The summed E-state index contributed by atoms with van der Waals surface area (Å²) in [5.74, 6) is 0.478. The lowest BCUT2D eigenvalue weighted by atomic mass is 9.92. The number of aromatic nitrogens is 4. The molecule has 0 radical (unpaired) electrons. The average Bonchev–Trinajstić information content (AvgIpc) is 2.62. The van der Waals surface area contributed by atoms with Crippen molar-refractivity contribution >= 4 is 11.7 Å². The largest absolute Gasteiger partial charge is 0.386 e. The third-order valence-corrected chi connectivity index (χ3v) is 4.10. The molecule has 8 nitrogen and oxygen atoms in total. The summed E-state index contributed by atoms with van der Waals surface area (Å²) in [4.78, 5) is 24.2. The minimum absolute atomic E-state index is 0.221. The van der Waals surface area contributed by atoms with Gasteiger partial charge in [0.25, 0.3) is 5.91 Å². The second-order valence-corrected chi connectivity index (χ2v) is 6.08. The summed E-state index contributed by atoms with van der Waals surface area (Å²) in [5, 5.41) is 18.5. The van der Waals surface area contributed by atoms with Gasteiger partial charge in [-0.2, -0.15) is 5.10 Å². The summed E-state index contributed by atoms with van der Waals surface area (Å²) in [5.41, 5.74) is -0.729. The predicted molar refractivity (Wildman–Crippen MR) is 87.4 cm³/mol. The maximum absolute atomic E-state index is 12.4. The molecule has 0 aromatic carbocycles. The Morgan fingerprint density at radius 2 is 2.29 bits per heavy atom. The van der Waals surface area contributed by atoms with Crippen molar-refractivity contribution in [2.24, 2.45) is 0 Å². The van der Waals surface area contributed by atoms with E-state index in [1.807, 2.05) is 4.90 Å². The first-order valence-corrected chi connectivity index (χ1v) is 7.84. The van der Waals surface area contributed by atoms with Gasteiger partial charge in [0.15, 0.2) is 5.69 Å². The van der Waals surface area contributed by atoms with Gasteiger partial charge in [-0.1, -0.05) is 0 Å². The number of anilines is 1. The van der Waals surface area contributed by atoms with Crippen LogP contribution in [0, 0.1) is 0 Å². The first-order valence-electron chi connectivity index (χ1n) is 7.84. The molecule has 1 atom stereocenters. The minimum Gasteiger partial charge on any atom is -0.386 e. The first kappa shape index (κ1) is 16.3. The minimum atomic E-state index is -0.998. The molecule has 126 valence electrons. The maximum Gasteiger partial charge on any atom is 0.274 e. The summed E-state index contributed by atoms with van der Waals surface area (Å²) < 4.78 is 0. The van der Waals surface area contributed by atoms with E-state index in [1.54, 1.807) is 37.8 Å². The van der Waals surface area contributed by atoms with E-state index in [2.05, 4.69) is 20.2 Å². The standard InChI is InChI=1S/C16H20N6O2/c1-21(15(23)13-4-2-6-19-20-13)11-16(24)5-3-9-22(12-16)14-10-17-7-8-18-14/h2,4,6-8,10,24H,3,5,9,11-12H2,1H3. The number of nitrogens with zero attached hydrogens (tertiary/aromatic N) is 6. The number of rotatable bonds is 4. The highest BCUT2D eigenvalue weighted by Gasteiger charge is 2.36. The van der Waals surface area contributed by atoms with E-state index >= 15 is 0 Å². The van der Waals surface area contributed by atoms with Crippen LogP contribution in [-0.2, 0) is 0 Å². The van der Waals surface area contributed by atoms with Gasteiger partial charge in [-0.25, -0.2) is 4.98 Å². The van der Waals surface area contributed by atoms with Crippen molar-refractivity contribution in [3.63, 3.8) is 0 Å². The number of β-amino-alcohol motifs (C(OH)–C–C–N with tert-alkyl or cyclic N) is 1. The van der Waals surface area contributed by atoms with Gasteiger partial charge in [-0.15, -0.1) is 5.10 Å².